The maximum absolute atomic E-state index is 14.4. The van der Waals surface area contributed by atoms with Gasteiger partial charge in [-0.3, -0.25) is 9.78 Å². The number of allylic oxidation sites excluding steroid dienone is 2. The Morgan fingerprint density at radius 2 is 1.37 bits per heavy atom. The molecule has 0 bridgehead atoms. The van der Waals surface area contributed by atoms with Gasteiger partial charge in [0.25, 0.3) is 0 Å². The maximum Gasteiger partial charge on any atom is 0.418 e. The van der Waals surface area contributed by atoms with Crippen molar-refractivity contribution < 1.29 is 43.2 Å². The molecule has 0 saturated heterocycles. The van der Waals surface area contributed by atoms with Crippen LogP contribution < -0.4 is 0 Å². The monoisotopic (exact) mass is 982 g/mol. The summed E-state index contributed by atoms with van der Waals surface area (Å²) >= 11 is 0. The van der Waals surface area contributed by atoms with E-state index in [1.54, 1.807) is 12.1 Å². The van der Waals surface area contributed by atoms with Crippen molar-refractivity contribution in [2.75, 3.05) is 0 Å². The second kappa shape index (κ2) is 19.0. The van der Waals surface area contributed by atoms with Gasteiger partial charge in [0.05, 0.1) is 11.3 Å². The third-order valence-electron chi connectivity index (χ3n) is 11.3. The molecule has 317 valence electrons. The first-order chi connectivity index (χ1) is 27.2. The smallest absolute Gasteiger partial charge is 0.418 e. The van der Waals surface area contributed by atoms with Crippen molar-refractivity contribution in [2.45, 2.75) is 113 Å². The number of benzene rings is 4. The zero-order valence-electron chi connectivity index (χ0n) is 36.5. The largest absolute Gasteiger partial charge is 0.512 e. The second-order valence-electron chi connectivity index (χ2n) is 17.9. The van der Waals surface area contributed by atoms with Gasteiger partial charge in [0.2, 0.25) is 0 Å². The molecule has 2 heterocycles. The molecule has 6 aromatic rings. The van der Waals surface area contributed by atoms with E-state index in [9.17, 15) is 23.1 Å². The molecule has 0 unspecified atom stereocenters. The number of hydrogen-bond donors (Lipinski definition) is 1. The summed E-state index contributed by atoms with van der Waals surface area (Å²) in [4.78, 5) is 16.0. The number of aromatic nitrogens is 2. The van der Waals surface area contributed by atoms with Crippen LogP contribution in [0.25, 0.3) is 55.0 Å². The first-order valence-corrected chi connectivity index (χ1v) is 20.7. The standard InChI is InChI=1S/C38H36F3N2.C13H24O2.Ir/c1-36(2,3)21-23-12-14-28-29-15-13-25(19-35(29)43(7)34(28)16-23)30-20-33(42-22-32(30)38(39,40)41)26-17-24-10-8-9-11-27(24)31(18-26)37(4,5)6;1-5-10(6-2)12(14)9-13(15)11(7-3)8-4;/h8-16,18-20,22H,21H2,1-7H3;9-11,14H,5-8H2,1-4H3;/q-1;;/b;12-9-;. The molecule has 0 amide bonds. The van der Waals surface area contributed by atoms with Crippen LogP contribution in [0.2, 0.25) is 0 Å². The Kier molecular flexibility index (Phi) is 15.3. The van der Waals surface area contributed by atoms with Crippen LogP contribution in [0.1, 0.15) is 112 Å². The number of pyridine rings is 1. The number of ketones is 1. The van der Waals surface area contributed by atoms with Gasteiger partial charge >= 0.3 is 6.18 Å². The summed E-state index contributed by atoms with van der Waals surface area (Å²) in [5.74, 6) is 0.547. The number of aliphatic hydroxyl groups excluding tert-OH is 1. The summed E-state index contributed by atoms with van der Waals surface area (Å²) in [6, 6.07) is 27.1. The van der Waals surface area contributed by atoms with Gasteiger partial charge in [-0.2, -0.15) is 13.2 Å². The van der Waals surface area contributed by atoms with Crippen LogP contribution in [0, 0.1) is 23.3 Å². The number of carbonyl (C=O) groups excluding carboxylic acids is 1. The third-order valence-corrected chi connectivity index (χ3v) is 11.3. The number of nitrogens with zero attached hydrogens (tertiary/aromatic N) is 2. The molecule has 0 aliphatic rings. The molecule has 1 radical (unpaired) electrons. The van der Waals surface area contributed by atoms with E-state index in [2.05, 4.69) is 81.4 Å². The number of carbonyl (C=O) groups is 1. The molecule has 59 heavy (non-hydrogen) atoms. The second-order valence-corrected chi connectivity index (χ2v) is 17.9. The number of rotatable bonds is 10. The average Bonchev–Trinajstić information content (AvgIpc) is 3.43. The first-order valence-electron chi connectivity index (χ1n) is 20.7. The van der Waals surface area contributed by atoms with Crippen LogP contribution in [0.5, 0.6) is 0 Å². The third kappa shape index (κ3) is 10.9. The Balaban J connectivity index is 0.000000411. The molecule has 4 aromatic carbocycles. The fraction of sp³-hybridized carbons (Fsp3) is 0.412. The van der Waals surface area contributed by atoms with Crippen molar-refractivity contribution >= 4 is 38.4 Å². The van der Waals surface area contributed by atoms with Crippen molar-refractivity contribution in [2.24, 2.45) is 24.3 Å². The van der Waals surface area contributed by atoms with Crippen molar-refractivity contribution in [1.82, 2.24) is 9.55 Å². The Labute approximate surface area is 362 Å². The summed E-state index contributed by atoms with van der Waals surface area (Å²) in [6.07, 6.45) is 2.26. The predicted octanol–water partition coefficient (Wildman–Crippen LogP) is 14.8. The van der Waals surface area contributed by atoms with Gasteiger partial charge < -0.3 is 9.67 Å². The van der Waals surface area contributed by atoms with Crippen molar-refractivity contribution in [3.63, 3.8) is 0 Å². The minimum atomic E-state index is -4.56. The number of aliphatic hydroxyl groups is 1. The van der Waals surface area contributed by atoms with Crippen LogP contribution in [-0.2, 0) is 50.0 Å². The predicted molar refractivity (Wildman–Crippen MR) is 236 cm³/mol. The summed E-state index contributed by atoms with van der Waals surface area (Å²) in [7, 11) is 1.98. The molecule has 4 nitrogen and oxygen atoms in total. The fourth-order valence-electron chi connectivity index (χ4n) is 7.97. The Morgan fingerprint density at radius 1 is 0.780 bits per heavy atom. The Bertz CT molecular complexity index is 2440. The topological polar surface area (TPSA) is 55.1 Å². The van der Waals surface area contributed by atoms with E-state index in [4.69, 9.17) is 0 Å². The van der Waals surface area contributed by atoms with Gasteiger partial charge in [0.15, 0.2) is 5.78 Å². The molecule has 0 aliphatic carbocycles. The summed E-state index contributed by atoms with van der Waals surface area (Å²) < 4.78 is 45.2. The van der Waals surface area contributed by atoms with Gasteiger partial charge in [0.1, 0.15) is 0 Å². The molecule has 0 spiro atoms. The van der Waals surface area contributed by atoms with Gasteiger partial charge in [-0.05, 0) is 71.8 Å². The van der Waals surface area contributed by atoms with Crippen LogP contribution in [0.3, 0.4) is 0 Å². The normalized spacial score (nSPS) is 12.6. The molecule has 1 N–H and O–H groups in total. The van der Waals surface area contributed by atoms with Gasteiger partial charge in [-0.1, -0.05) is 129 Å². The first kappa shape index (κ1) is 47.4. The molecule has 0 atom stereocenters. The summed E-state index contributed by atoms with van der Waals surface area (Å²) in [6.45, 7) is 21.1. The van der Waals surface area contributed by atoms with E-state index in [-0.39, 0.29) is 59.9 Å². The van der Waals surface area contributed by atoms with Crippen LogP contribution in [0.4, 0.5) is 13.2 Å². The minimum absolute atomic E-state index is 0. The molecule has 6 rings (SSSR count). The molecule has 2 aromatic heterocycles. The average molecular weight is 982 g/mol. The SMILES string of the molecule is CCC(CC)C(=O)/C=C(\O)C(CC)CC.Cn1c2cc(CC(C)(C)C)ccc2c2ccc(-c3cc(-c4[c-]c5ccccc5c(C(C)(C)C)c4)ncc3C(F)(F)F)cc21.[Ir]. The number of alkyl halides is 3. The van der Waals surface area contributed by atoms with Crippen molar-refractivity contribution in [3.8, 4) is 22.4 Å². The number of aryl methyl sites for hydroxylation is 1. The molecule has 0 aliphatic heterocycles. The van der Waals surface area contributed by atoms with Crippen molar-refractivity contribution in [3.05, 3.63) is 114 Å². The van der Waals surface area contributed by atoms with E-state index >= 15 is 0 Å². The van der Waals surface area contributed by atoms with Crippen molar-refractivity contribution in [1.29, 1.82) is 0 Å². The number of halogens is 3. The number of hydrogen-bond acceptors (Lipinski definition) is 3. The van der Waals surface area contributed by atoms with E-state index < -0.39 is 11.7 Å². The molecule has 0 saturated carbocycles. The molecule has 8 heteroatoms. The minimum Gasteiger partial charge on any atom is -0.512 e. The van der Waals surface area contributed by atoms with E-state index in [0.29, 0.717) is 16.8 Å². The van der Waals surface area contributed by atoms with Gasteiger partial charge in [0, 0.05) is 78.8 Å². The fourth-order valence-corrected chi connectivity index (χ4v) is 7.97. The van der Waals surface area contributed by atoms with Gasteiger partial charge in [-0.15, -0.1) is 29.1 Å². The number of fused-ring (bicyclic) bond motifs is 4. The summed E-state index contributed by atoms with van der Waals surface area (Å²) in [5, 5.41) is 13.9. The van der Waals surface area contributed by atoms with Crippen LogP contribution in [-0.4, -0.2) is 20.4 Å². The maximum atomic E-state index is 14.4. The molecular weight excluding hydrogens is 922 g/mol. The Morgan fingerprint density at radius 3 is 1.95 bits per heavy atom. The summed E-state index contributed by atoms with van der Waals surface area (Å²) in [5.41, 5.74) is 5.27. The zero-order valence-corrected chi connectivity index (χ0v) is 38.9. The van der Waals surface area contributed by atoms with Crippen LogP contribution >= 0.6 is 0 Å². The Hall–Kier alpha value is -4.26. The zero-order chi connectivity index (χ0) is 42.7. The van der Waals surface area contributed by atoms with E-state index in [0.717, 1.165) is 76.4 Å². The van der Waals surface area contributed by atoms with Gasteiger partial charge in [-0.25, -0.2) is 0 Å². The van der Waals surface area contributed by atoms with E-state index in [1.807, 2.05) is 71.1 Å². The van der Waals surface area contributed by atoms with Crippen LogP contribution in [0.15, 0.2) is 90.8 Å². The van der Waals surface area contributed by atoms with E-state index in [1.165, 1.54) is 11.6 Å². The quantitative estimate of drug-likeness (QED) is 0.0845. The molecular formula is C51H60F3IrN2O2-. The molecule has 0 fully saturated rings.